The van der Waals surface area contributed by atoms with Crippen LogP contribution in [0.25, 0.3) is 5.69 Å². The molecule has 0 unspecified atom stereocenters. The number of aryl methyl sites for hydroxylation is 1. The van der Waals surface area contributed by atoms with Gasteiger partial charge in [0.25, 0.3) is 0 Å². The molecule has 2 aromatic carbocycles. The van der Waals surface area contributed by atoms with Crippen molar-refractivity contribution in [2.75, 3.05) is 12.0 Å². The first-order valence-electron chi connectivity index (χ1n) is 11.3. The smallest absolute Gasteiger partial charge is 0.230 e. The largest absolute Gasteiger partial charge is 0.495 e. The quantitative estimate of drug-likeness (QED) is 0.289. The van der Waals surface area contributed by atoms with E-state index in [4.69, 9.17) is 14.7 Å². The van der Waals surface area contributed by atoms with Gasteiger partial charge >= 0.3 is 0 Å². The Morgan fingerprint density at radius 1 is 1.09 bits per heavy atom. The summed E-state index contributed by atoms with van der Waals surface area (Å²) >= 11 is 3.15. The first kappa shape index (κ1) is 22.7. The van der Waals surface area contributed by atoms with Crippen LogP contribution in [-0.4, -0.2) is 27.6 Å². The van der Waals surface area contributed by atoms with Crippen molar-refractivity contribution in [3.63, 3.8) is 0 Å². The number of carbonyl (C=O) groups is 1. The summed E-state index contributed by atoms with van der Waals surface area (Å²) in [6.07, 6.45) is 4.50. The molecule has 0 N–H and O–H groups in total. The summed E-state index contributed by atoms with van der Waals surface area (Å²) in [4.78, 5) is 23.9. The minimum absolute atomic E-state index is 0.106. The monoisotopic (exact) mass is 490 g/mol. The van der Waals surface area contributed by atoms with Crippen molar-refractivity contribution < 1.29 is 9.53 Å². The maximum absolute atomic E-state index is 12.5. The molecule has 8 heteroatoms. The standard InChI is InChI=1S/C26H26N4O2S2/c1-18(31)29(23-14-8-9-15-24(23)32-2)25-27-19(16-33-25)17-34-26-28-21-12-6-7-13-22(21)30(26)20-10-4-3-5-11-20/h3-5,8-11,14-16H,6-7,12-13,17H2,1-2H3. The number of fused-ring (bicyclic) bond motifs is 1. The van der Waals surface area contributed by atoms with Gasteiger partial charge in [-0.25, -0.2) is 9.97 Å². The van der Waals surface area contributed by atoms with Crippen molar-refractivity contribution in [3.05, 3.63) is 77.1 Å². The number of methoxy groups -OCH3 is 1. The molecule has 1 aliphatic rings. The van der Waals surface area contributed by atoms with Gasteiger partial charge in [-0.1, -0.05) is 42.1 Å². The lowest BCUT2D eigenvalue weighted by Crippen LogP contribution is -2.23. The lowest BCUT2D eigenvalue weighted by Gasteiger charge is -2.20. The first-order chi connectivity index (χ1) is 16.7. The van der Waals surface area contributed by atoms with Crippen molar-refractivity contribution in [1.29, 1.82) is 0 Å². The van der Waals surface area contributed by atoms with E-state index in [9.17, 15) is 4.79 Å². The predicted octanol–water partition coefficient (Wildman–Crippen LogP) is 6.19. The zero-order valence-electron chi connectivity index (χ0n) is 19.2. The third-order valence-corrected chi connectivity index (χ3v) is 7.68. The molecule has 4 aromatic rings. The second kappa shape index (κ2) is 10.0. The summed E-state index contributed by atoms with van der Waals surface area (Å²) < 4.78 is 7.78. The number of rotatable bonds is 7. The van der Waals surface area contributed by atoms with Crippen LogP contribution in [0.15, 0.2) is 65.1 Å². The number of hydrogen-bond donors (Lipinski definition) is 0. The number of nitrogens with zero attached hydrogens (tertiary/aromatic N) is 4. The highest BCUT2D eigenvalue weighted by molar-refractivity contribution is 7.98. The second-order valence-electron chi connectivity index (χ2n) is 8.10. The number of carbonyl (C=O) groups excluding carboxylic acids is 1. The molecule has 0 bridgehead atoms. The molecule has 0 saturated carbocycles. The molecule has 1 amide bonds. The highest BCUT2D eigenvalue weighted by atomic mass is 32.2. The Balaban J connectivity index is 1.41. The Hall–Kier alpha value is -3.10. The van der Waals surface area contributed by atoms with E-state index in [0.717, 1.165) is 29.4 Å². The van der Waals surface area contributed by atoms with Crippen LogP contribution < -0.4 is 9.64 Å². The van der Waals surface area contributed by atoms with Gasteiger partial charge in [-0.15, -0.1) is 11.3 Å². The minimum atomic E-state index is -0.106. The summed E-state index contributed by atoms with van der Waals surface area (Å²) in [5.41, 5.74) is 5.32. The fraction of sp³-hybridized carbons (Fsp3) is 0.269. The van der Waals surface area contributed by atoms with E-state index in [1.165, 1.54) is 35.6 Å². The van der Waals surface area contributed by atoms with Crippen LogP contribution in [-0.2, 0) is 23.4 Å². The summed E-state index contributed by atoms with van der Waals surface area (Å²) in [7, 11) is 1.61. The van der Waals surface area contributed by atoms with Gasteiger partial charge in [-0.2, -0.15) is 0 Å². The lowest BCUT2D eigenvalue weighted by molar-refractivity contribution is -0.115. The van der Waals surface area contributed by atoms with E-state index in [1.54, 1.807) is 30.7 Å². The second-order valence-corrected chi connectivity index (χ2v) is 9.88. The van der Waals surface area contributed by atoms with Crippen LogP contribution in [0, 0.1) is 0 Å². The van der Waals surface area contributed by atoms with Crippen LogP contribution in [0.5, 0.6) is 5.75 Å². The van der Waals surface area contributed by atoms with Crippen LogP contribution in [0.4, 0.5) is 10.8 Å². The van der Waals surface area contributed by atoms with Crippen molar-refractivity contribution in [1.82, 2.24) is 14.5 Å². The van der Waals surface area contributed by atoms with E-state index in [-0.39, 0.29) is 5.91 Å². The van der Waals surface area contributed by atoms with E-state index in [1.807, 2.05) is 35.7 Å². The van der Waals surface area contributed by atoms with Gasteiger partial charge in [0.15, 0.2) is 10.3 Å². The molecule has 2 heterocycles. The van der Waals surface area contributed by atoms with E-state index in [2.05, 4.69) is 28.8 Å². The molecular weight excluding hydrogens is 464 g/mol. The number of hydrogen-bond acceptors (Lipinski definition) is 6. The molecule has 6 nitrogen and oxygen atoms in total. The average molecular weight is 491 g/mol. The number of thiazole rings is 1. The SMILES string of the molecule is COc1ccccc1N(C(C)=O)c1nc(CSc2nc3c(n2-c2ccccc2)CCCC3)cs1. The number of ether oxygens (including phenoxy) is 1. The zero-order valence-corrected chi connectivity index (χ0v) is 20.9. The van der Waals surface area contributed by atoms with Gasteiger partial charge in [0.2, 0.25) is 5.91 Å². The lowest BCUT2D eigenvalue weighted by atomic mass is 10.0. The number of imidazole rings is 1. The molecule has 0 spiro atoms. The summed E-state index contributed by atoms with van der Waals surface area (Å²) in [6, 6.07) is 18.0. The Bertz CT molecular complexity index is 1300. The molecule has 0 fully saturated rings. The number of aromatic nitrogens is 3. The van der Waals surface area contributed by atoms with E-state index < -0.39 is 0 Å². The highest BCUT2D eigenvalue weighted by Crippen LogP contribution is 2.37. The van der Waals surface area contributed by atoms with Crippen LogP contribution in [0.3, 0.4) is 0 Å². The molecule has 34 heavy (non-hydrogen) atoms. The Kier molecular flexibility index (Phi) is 6.69. The average Bonchev–Trinajstić information content (AvgIpc) is 3.48. The molecule has 0 atom stereocenters. The minimum Gasteiger partial charge on any atom is -0.495 e. The Morgan fingerprint density at radius 3 is 2.65 bits per heavy atom. The first-order valence-corrected chi connectivity index (χ1v) is 13.2. The molecule has 2 aromatic heterocycles. The number of anilines is 2. The van der Waals surface area contributed by atoms with Gasteiger partial charge < -0.3 is 4.74 Å². The maximum atomic E-state index is 12.5. The Labute approximate surface area is 207 Å². The number of para-hydroxylation sites is 3. The van der Waals surface area contributed by atoms with Gasteiger partial charge in [-0.05, 0) is 49.9 Å². The normalized spacial score (nSPS) is 12.9. The summed E-state index contributed by atoms with van der Waals surface area (Å²) in [5.74, 6) is 1.21. The highest BCUT2D eigenvalue weighted by Gasteiger charge is 2.23. The van der Waals surface area contributed by atoms with Crippen molar-refractivity contribution in [2.24, 2.45) is 0 Å². The summed E-state index contributed by atoms with van der Waals surface area (Å²) in [6.45, 7) is 1.55. The summed E-state index contributed by atoms with van der Waals surface area (Å²) in [5, 5.41) is 3.66. The zero-order chi connectivity index (χ0) is 23.5. The third kappa shape index (κ3) is 4.48. The van der Waals surface area contributed by atoms with Crippen molar-refractivity contribution in [3.8, 4) is 11.4 Å². The van der Waals surface area contributed by atoms with Gasteiger partial charge in [0, 0.05) is 29.4 Å². The maximum Gasteiger partial charge on any atom is 0.230 e. The number of thioether (sulfide) groups is 1. The molecule has 1 aliphatic carbocycles. The molecular formula is C26H26N4O2S2. The molecule has 174 valence electrons. The van der Waals surface area contributed by atoms with Gasteiger partial charge in [-0.3, -0.25) is 14.3 Å². The number of amides is 1. The molecule has 0 radical (unpaired) electrons. The fourth-order valence-corrected chi connectivity index (χ4v) is 6.21. The van der Waals surface area contributed by atoms with Crippen LogP contribution >= 0.6 is 23.1 Å². The van der Waals surface area contributed by atoms with Crippen LogP contribution in [0.2, 0.25) is 0 Å². The van der Waals surface area contributed by atoms with Crippen molar-refractivity contribution in [2.45, 2.75) is 43.5 Å². The van der Waals surface area contributed by atoms with Gasteiger partial charge in [0.1, 0.15) is 5.75 Å². The fourth-order valence-electron chi connectivity index (χ4n) is 4.28. The van der Waals surface area contributed by atoms with Gasteiger partial charge in [0.05, 0.1) is 24.2 Å². The van der Waals surface area contributed by atoms with E-state index in [0.29, 0.717) is 22.3 Å². The number of benzene rings is 2. The third-order valence-electron chi connectivity index (χ3n) is 5.84. The predicted molar refractivity (Wildman–Crippen MR) is 138 cm³/mol. The topological polar surface area (TPSA) is 60.2 Å². The Morgan fingerprint density at radius 2 is 1.85 bits per heavy atom. The van der Waals surface area contributed by atoms with Crippen molar-refractivity contribution >= 4 is 39.8 Å². The molecule has 0 saturated heterocycles. The molecule has 5 rings (SSSR count). The van der Waals surface area contributed by atoms with E-state index >= 15 is 0 Å². The molecule has 0 aliphatic heterocycles. The van der Waals surface area contributed by atoms with Crippen LogP contribution in [0.1, 0.15) is 36.8 Å².